The SMILES string of the molecule is COCCCN1C(=O)c2ccc(NC(=O)Nc3cc(C(F)(F)F)cc(C(F)(F)F)c3)cc2C1=O. The second-order valence-corrected chi connectivity index (χ2v) is 7.24. The number of rotatable bonds is 6. The van der Waals surface area contributed by atoms with Crippen LogP contribution in [0.4, 0.5) is 42.5 Å². The summed E-state index contributed by atoms with van der Waals surface area (Å²) in [4.78, 5) is 38.1. The van der Waals surface area contributed by atoms with Gasteiger partial charge in [-0.15, -0.1) is 0 Å². The van der Waals surface area contributed by atoms with Gasteiger partial charge in [0.05, 0.1) is 22.3 Å². The monoisotopic (exact) mass is 489 g/mol. The van der Waals surface area contributed by atoms with E-state index in [2.05, 4.69) is 5.32 Å². The second-order valence-electron chi connectivity index (χ2n) is 7.24. The van der Waals surface area contributed by atoms with Gasteiger partial charge < -0.3 is 15.4 Å². The van der Waals surface area contributed by atoms with Crippen LogP contribution in [0, 0.1) is 0 Å². The van der Waals surface area contributed by atoms with Crippen LogP contribution < -0.4 is 10.6 Å². The number of imide groups is 1. The highest BCUT2D eigenvalue weighted by Gasteiger charge is 2.37. The van der Waals surface area contributed by atoms with Gasteiger partial charge in [-0.25, -0.2) is 4.79 Å². The summed E-state index contributed by atoms with van der Waals surface area (Å²) < 4.78 is 82.8. The van der Waals surface area contributed by atoms with Gasteiger partial charge in [0.1, 0.15) is 0 Å². The summed E-state index contributed by atoms with van der Waals surface area (Å²) >= 11 is 0. The lowest BCUT2D eigenvalue weighted by atomic mass is 10.1. The molecular formula is C21H17F6N3O4. The van der Waals surface area contributed by atoms with Crippen molar-refractivity contribution < 1.29 is 45.5 Å². The molecule has 13 heteroatoms. The van der Waals surface area contributed by atoms with Crippen LogP contribution in [0.1, 0.15) is 38.3 Å². The molecular weight excluding hydrogens is 472 g/mol. The molecule has 7 nitrogen and oxygen atoms in total. The molecule has 0 unspecified atom stereocenters. The van der Waals surface area contributed by atoms with E-state index in [1.54, 1.807) is 0 Å². The first-order valence-corrected chi connectivity index (χ1v) is 9.68. The molecule has 2 aromatic rings. The number of fused-ring (bicyclic) bond motifs is 1. The topological polar surface area (TPSA) is 87.7 Å². The van der Waals surface area contributed by atoms with Crippen LogP contribution in [0.2, 0.25) is 0 Å². The molecule has 0 fully saturated rings. The van der Waals surface area contributed by atoms with Gasteiger partial charge in [-0.3, -0.25) is 14.5 Å². The molecule has 3 rings (SSSR count). The summed E-state index contributed by atoms with van der Waals surface area (Å²) in [5.41, 5.74) is -3.82. The number of halogens is 6. The Kier molecular flexibility index (Phi) is 6.87. The minimum atomic E-state index is -5.07. The maximum absolute atomic E-state index is 13.0. The van der Waals surface area contributed by atoms with Crippen molar-refractivity contribution in [3.63, 3.8) is 0 Å². The molecule has 2 aromatic carbocycles. The molecule has 0 spiro atoms. The number of urea groups is 1. The highest BCUT2D eigenvalue weighted by Crippen LogP contribution is 2.37. The first kappa shape index (κ1) is 25.0. The molecule has 0 atom stereocenters. The van der Waals surface area contributed by atoms with Gasteiger partial charge in [0, 0.05) is 31.6 Å². The number of carbonyl (C=O) groups excluding carboxylic acids is 3. The zero-order valence-electron chi connectivity index (χ0n) is 17.4. The molecule has 1 aliphatic heterocycles. The fourth-order valence-electron chi connectivity index (χ4n) is 3.26. The molecule has 182 valence electrons. The Morgan fingerprint density at radius 3 is 1.97 bits per heavy atom. The van der Waals surface area contributed by atoms with Crippen LogP contribution in [-0.4, -0.2) is 43.0 Å². The third-order valence-electron chi connectivity index (χ3n) is 4.80. The Hall–Kier alpha value is -3.61. The molecule has 0 bridgehead atoms. The molecule has 0 radical (unpaired) electrons. The van der Waals surface area contributed by atoms with Crippen LogP contribution in [0.15, 0.2) is 36.4 Å². The molecule has 0 aromatic heterocycles. The summed E-state index contributed by atoms with van der Waals surface area (Å²) in [7, 11) is 1.47. The summed E-state index contributed by atoms with van der Waals surface area (Å²) in [5.74, 6) is -1.14. The van der Waals surface area contributed by atoms with Gasteiger partial charge in [0.15, 0.2) is 0 Å². The fraction of sp³-hybridized carbons (Fsp3) is 0.286. The number of amides is 4. The maximum Gasteiger partial charge on any atom is 0.416 e. The van der Waals surface area contributed by atoms with E-state index >= 15 is 0 Å². The molecule has 0 saturated heterocycles. The normalized spacial score (nSPS) is 13.8. The Labute approximate surface area is 188 Å². The van der Waals surface area contributed by atoms with E-state index in [0.29, 0.717) is 25.2 Å². The van der Waals surface area contributed by atoms with Crippen molar-refractivity contribution in [3.05, 3.63) is 58.7 Å². The van der Waals surface area contributed by atoms with Crippen LogP contribution >= 0.6 is 0 Å². The molecule has 0 aliphatic carbocycles. The maximum atomic E-state index is 13.0. The predicted octanol–water partition coefficient (Wildman–Crippen LogP) is 5.00. The summed E-state index contributed by atoms with van der Waals surface area (Å²) in [6, 6.07) is 3.25. The molecule has 34 heavy (non-hydrogen) atoms. The molecule has 1 aliphatic rings. The van der Waals surface area contributed by atoms with E-state index in [-0.39, 0.29) is 29.4 Å². The van der Waals surface area contributed by atoms with Gasteiger partial charge in [-0.1, -0.05) is 0 Å². The minimum absolute atomic E-state index is 0.000776. The lowest BCUT2D eigenvalue weighted by Gasteiger charge is -2.15. The van der Waals surface area contributed by atoms with E-state index in [9.17, 15) is 40.7 Å². The standard InChI is InChI=1S/C21H17F6N3O4/c1-34-6-2-5-30-17(31)15-4-3-13(10-16(15)18(30)32)28-19(33)29-14-8-11(20(22,23)24)7-12(9-14)21(25,26)27/h3-4,7-10H,2,5-6H2,1H3,(H2,28,29,33). The number of ether oxygens (including phenoxy) is 1. The van der Waals surface area contributed by atoms with E-state index in [1.807, 2.05) is 5.32 Å². The van der Waals surface area contributed by atoms with Crippen LogP contribution in [-0.2, 0) is 17.1 Å². The number of nitrogens with zero attached hydrogens (tertiary/aromatic N) is 1. The van der Waals surface area contributed by atoms with E-state index in [0.717, 1.165) is 4.90 Å². The molecule has 1 heterocycles. The first-order chi connectivity index (χ1) is 15.8. The summed E-state index contributed by atoms with van der Waals surface area (Å²) in [5, 5.41) is 4.14. The van der Waals surface area contributed by atoms with Gasteiger partial charge in [-0.2, -0.15) is 26.3 Å². The van der Waals surface area contributed by atoms with E-state index in [4.69, 9.17) is 4.74 Å². The lowest BCUT2D eigenvalue weighted by Crippen LogP contribution is -2.31. The number of carbonyl (C=O) groups is 3. The molecule has 2 N–H and O–H groups in total. The van der Waals surface area contributed by atoms with Crippen molar-refractivity contribution in [2.24, 2.45) is 0 Å². The highest BCUT2D eigenvalue weighted by molar-refractivity contribution is 6.22. The number of anilines is 2. The van der Waals surface area contributed by atoms with Gasteiger partial charge in [0.2, 0.25) is 0 Å². The molecule has 4 amide bonds. The van der Waals surface area contributed by atoms with Gasteiger partial charge in [0.25, 0.3) is 11.8 Å². The van der Waals surface area contributed by atoms with Crippen molar-refractivity contribution in [3.8, 4) is 0 Å². The molecule has 0 saturated carbocycles. The van der Waals surface area contributed by atoms with Crippen molar-refractivity contribution >= 4 is 29.2 Å². The third-order valence-corrected chi connectivity index (χ3v) is 4.80. The van der Waals surface area contributed by atoms with Crippen molar-refractivity contribution in [2.75, 3.05) is 30.9 Å². The number of methoxy groups -OCH3 is 1. The van der Waals surface area contributed by atoms with Gasteiger partial charge in [-0.05, 0) is 42.8 Å². The fourth-order valence-corrected chi connectivity index (χ4v) is 3.26. The Morgan fingerprint density at radius 2 is 1.41 bits per heavy atom. The average Bonchev–Trinajstić information content (AvgIpc) is 2.96. The van der Waals surface area contributed by atoms with Crippen LogP contribution in [0.3, 0.4) is 0 Å². The van der Waals surface area contributed by atoms with Crippen molar-refractivity contribution in [1.29, 1.82) is 0 Å². The van der Waals surface area contributed by atoms with Crippen molar-refractivity contribution in [1.82, 2.24) is 4.90 Å². The van der Waals surface area contributed by atoms with E-state index < -0.39 is 47.0 Å². The predicted molar refractivity (Wildman–Crippen MR) is 107 cm³/mol. The van der Waals surface area contributed by atoms with Crippen molar-refractivity contribution in [2.45, 2.75) is 18.8 Å². The largest absolute Gasteiger partial charge is 0.416 e. The first-order valence-electron chi connectivity index (χ1n) is 9.68. The number of alkyl halides is 6. The number of nitrogens with one attached hydrogen (secondary N) is 2. The zero-order chi connectivity index (χ0) is 25.3. The number of benzene rings is 2. The van der Waals surface area contributed by atoms with Gasteiger partial charge >= 0.3 is 18.4 Å². The quantitative estimate of drug-likeness (QED) is 0.340. The smallest absolute Gasteiger partial charge is 0.385 e. The summed E-state index contributed by atoms with van der Waals surface area (Å²) in [6.07, 6.45) is -9.74. The number of hydrogen-bond donors (Lipinski definition) is 2. The Bertz CT molecular complexity index is 1100. The third kappa shape index (κ3) is 5.47. The van der Waals surface area contributed by atoms with E-state index in [1.165, 1.54) is 25.3 Å². The second kappa shape index (κ2) is 9.33. The average molecular weight is 489 g/mol. The Morgan fingerprint density at radius 1 is 0.853 bits per heavy atom. The lowest BCUT2D eigenvalue weighted by molar-refractivity contribution is -0.143. The highest BCUT2D eigenvalue weighted by atomic mass is 19.4. The Balaban J connectivity index is 1.77. The zero-order valence-corrected chi connectivity index (χ0v) is 17.4. The summed E-state index contributed by atoms with van der Waals surface area (Å²) in [6.45, 7) is 0.437. The number of hydrogen-bond acceptors (Lipinski definition) is 4. The minimum Gasteiger partial charge on any atom is -0.385 e. The van der Waals surface area contributed by atoms with Crippen LogP contribution in [0.5, 0.6) is 0 Å². The van der Waals surface area contributed by atoms with Crippen LogP contribution in [0.25, 0.3) is 0 Å².